The van der Waals surface area contributed by atoms with Gasteiger partial charge in [0.25, 0.3) is 0 Å². The maximum atomic E-state index is 6.33. The van der Waals surface area contributed by atoms with Crippen molar-refractivity contribution in [3.8, 4) is 33.4 Å². The van der Waals surface area contributed by atoms with Crippen LogP contribution in [0.15, 0.2) is 186 Å². The summed E-state index contributed by atoms with van der Waals surface area (Å²) in [5.41, 5.74) is 9.06. The maximum Gasteiger partial charge on any atom is 0.135 e. The Hall–Kier alpha value is -6.70. The predicted molar refractivity (Wildman–Crippen MR) is 218 cm³/mol. The highest BCUT2D eigenvalue weighted by Crippen LogP contribution is 2.40. The Labute approximate surface area is 294 Å². The van der Waals surface area contributed by atoms with Crippen molar-refractivity contribution in [3.63, 3.8) is 0 Å². The average Bonchev–Trinajstić information content (AvgIpc) is 3.57. The highest BCUT2D eigenvalue weighted by molar-refractivity contribution is 6.23. The van der Waals surface area contributed by atoms with Gasteiger partial charge in [0.05, 0.1) is 0 Å². The average molecular weight is 647 g/mol. The first-order valence-corrected chi connectivity index (χ1v) is 17.6. The van der Waals surface area contributed by atoms with Gasteiger partial charge in [-0.1, -0.05) is 133 Å². The van der Waals surface area contributed by atoms with Gasteiger partial charge < -0.3 is 4.42 Å². The number of hydrogen-bond acceptors (Lipinski definition) is 1. The predicted octanol–water partition coefficient (Wildman–Crippen LogP) is 14.4. The molecule has 236 valence electrons. The molecule has 0 unspecified atom stereocenters. The van der Waals surface area contributed by atoms with Crippen molar-refractivity contribution in [1.82, 2.24) is 0 Å². The number of furan rings is 1. The molecule has 0 amide bonds. The minimum absolute atomic E-state index is 0.906. The van der Waals surface area contributed by atoms with Crippen molar-refractivity contribution in [3.05, 3.63) is 182 Å². The molecule has 0 saturated heterocycles. The van der Waals surface area contributed by atoms with Crippen LogP contribution in [0.3, 0.4) is 0 Å². The van der Waals surface area contributed by atoms with Crippen LogP contribution in [-0.2, 0) is 0 Å². The van der Waals surface area contributed by atoms with Crippen LogP contribution in [0.5, 0.6) is 0 Å². The standard InChI is InChI=1S/C50H30O/c1-2-9-34-25-35(17-13-31(34)7-1)37-21-23-48-46(28-37)47-29-38(22-24-49(47)51-48)36-18-14-32-15-19-39(27-41(32)26-36)45-30-40-20-16-33-8-3-4-10-42(33)50(40)44-12-6-5-11-43(44)45/h1-30H. The largest absolute Gasteiger partial charge is 0.456 e. The van der Waals surface area contributed by atoms with Gasteiger partial charge in [0.1, 0.15) is 11.2 Å². The van der Waals surface area contributed by atoms with Gasteiger partial charge in [-0.2, -0.15) is 0 Å². The minimum Gasteiger partial charge on any atom is -0.456 e. The summed E-state index contributed by atoms with van der Waals surface area (Å²) in [5.74, 6) is 0. The van der Waals surface area contributed by atoms with Crippen molar-refractivity contribution in [1.29, 1.82) is 0 Å². The van der Waals surface area contributed by atoms with E-state index in [0.717, 1.165) is 21.9 Å². The molecule has 0 spiro atoms. The number of benzene rings is 10. The third-order valence-electron chi connectivity index (χ3n) is 10.8. The summed E-state index contributed by atoms with van der Waals surface area (Å²) >= 11 is 0. The first-order valence-electron chi connectivity index (χ1n) is 17.6. The summed E-state index contributed by atoms with van der Waals surface area (Å²) in [6, 6.07) is 66.5. The molecule has 10 aromatic carbocycles. The summed E-state index contributed by atoms with van der Waals surface area (Å²) in [6.07, 6.45) is 0. The molecule has 0 aliphatic rings. The fraction of sp³-hybridized carbons (Fsp3) is 0. The first-order chi connectivity index (χ1) is 25.2. The molecule has 0 aliphatic heterocycles. The molecule has 1 heterocycles. The second-order valence-electron chi connectivity index (χ2n) is 13.7. The molecule has 51 heavy (non-hydrogen) atoms. The number of rotatable bonds is 3. The second-order valence-corrected chi connectivity index (χ2v) is 13.7. The van der Waals surface area contributed by atoms with Crippen LogP contribution < -0.4 is 0 Å². The lowest BCUT2D eigenvalue weighted by Crippen LogP contribution is -1.87. The zero-order valence-electron chi connectivity index (χ0n) is 27.7. The molecule has 0 aliphatic carbocycles. The Bertz CT molecular complexity index is 3200. The van der Waals surface area contributed by atoms with E-state index in [4.69, 9.17) is 4.42 Å². The van der Waals surface area contributed by atoms with Crippen LogP contribution in [0.25, 0.3) is 109 Å². The highest BCUT2D eigenvalue weighted by atomic mass is 16.3. The van der Waals surface area contributed by atoms with Gasteiger partial charge >= 0.3 is 0 Å². The van der Waals surface area contributed by atoms with Crippen LogP contribution in [0.4, 0.5) is 0 Å². The summed E-state index contributed by atoms with van der Waals surface area (Å²) in [7, 11) is 0. The van der Waals surface area contributed by atoms with Crippen molar-refractivity contribution in [2.45, 2.75) is 0 Å². The van der Waals surface area contributed by atoms with Crippen LogP contribution in [0, 0.1) is 0 Å². The van der Waals surface area contributed by atoms with Gasteiger partial charge in [0, 0.05) is 10.8 Å². The third kappa shape index (κ3) is 4.49. The molecule has 0 N–H and O–H groups in total. The molecule has 0 atom stereocenters. The summed E-state index contributed by atoms with van der Waals surface area (Å²) in [6.45, 7) is 0. The van der Waals surface area contributed by atoms with E-state index in [-0.39, 0.29) is 0 Å². The molecular weight excluding hydrogens is 617 g/mol. The molecule has 0 bridgehead atoms. The third-order valence-corrected chi connectivity index (χ3v) is 10.8. The Kier molecular flexibility index (Phi) is 6.02. The molecule has 1 nitrogen and oxygen atoms in total. The Morgan fingerprint density at radius 2 is 0.725 bits per heavy atom. The van der Waals surface area contributed by atoms with Gasteiger partial charge in [-0.15, -0.1) is 0 Å². The van der Waals surface area contributed by atoms with E-state index in [9.17, 15) is 0 Å². The maximum absolute atomic E-state index is 6.33. The summed E-state index contributed by atoms with van der Waals surface area (Å²) in [4.78, 5) is 0. The van der Waals surface area contributed by atoms with E-state index in [2.05, 4.69) is 182 Å². The van der Waals surface area contributed by atoms with Crippen molar-refractivity contribution in [2.24, 2.45) is 0 Å². The van der Waals surface area contributed by atoms with Gasteiger partial charge in [-0.3, -0.25) is 0 Å². The van der Waals surface area contributed by atoms with Crippen molar-refractivity contribution < 1.29 is 4.42 Å². The molecule has 11 aromatic rings. The van der Waals surface area contributed by atoms with Crippen molar-refractivity contribution in [2.75, 3.05) is 0 Å². The lowest BCUT2D eigenvalue weighted by atomic mass is 9.90. The lowest BCUT2D eigenvalue weighted by Gasteiger charge is -2.14. The van der Waals surface area contributed by atoms with E-state index in [1.165, 1.54) is 87.2 Å². The molecule has 0 fully saturated rings. The SMILES string of the molecule is c1ccc2cc(-c3ccc4oc5ccc(-c6ccc7ccc(-c8cc9ccc%10ccccc%10c9c9ccccc89)cc7c6)cc5c4c3)ccc2c1. The van der Waals surface area contributed by atoms with Gasteiger partial charge in [-0.25, -0.2) is 0 Å². The Balaban J connectivity index is 1.03. The second kappa shape index (κ2) is 10.9. The van der Waals surface area contributed by atoms with Gasteiger partial charge in [-0.05, 0) is 136 Å². The minimum atomic E-state index is 0.906. The van der Waals surface area contributed by atoms with Crippen LogP contribution in [0.2, 0.25) is 0 Å². The first kappa shape index (κ1) is 28.2. The van der Waals surface area contributed by atoms with E-state index in [0.29, 0.717) is 0 Å². The topological polar surface area (TPSA) is 13.1 Å². The van der Waals surface area contributed by atoms with Crippen LogP contribution in [-0.4, -0.2) is 0 Å². The molecular formula is C50H30O. The van der Waals surface area contributed by atoms with E-state index >= 15 is 0 Å². The fourth-order valence-corrected chi connectivity index (χ4v) is 8.22. The molecule has 1 heteroatoms. The molecule has 0 radical (unpaired) electrons. The highest BCUT2D eigenvalue weighted by Gasteiger charge is 2.14. The van der Waals surface area contributed by atoms with E-state index in [1.54, 1.807) is 0 Å². The zero-order chi connectivity index (χ0) is 33.5. The zero-order valence-corrected chi connectivity index (χ0v) is 27.7. The quantitative estimate of drug-likeness (QED) is 0.174. The Morgan fingerprint density at radius 3 is 1.45 bits per heavy atom. The lowest BCUT2D eigenvalue weighted by molar-refractivity contribution is 0.669. The van der Waals surface area contributed by atoms with E-state index in [1.807, 2.05) is 0 Å². The molecule has 11 rings (SSSR count). The van der Waals surface area contributed by atoms with Gasteiger partial charge in [0.2, 0.25) is 0 Å². The van der Waals surface area contributed by atoms with Crippen LogP contribution >= 0.6 is 0 Å². The molecule has 1 aromatic heterocycles. The summed E-state index contributed by atoms with van der Waals surface area (Å²) in [5, 5.41) is 14.9. The van der Waals surface area contributed by atoms with Crippen molar-refractivity contribution >= 4 is 75.8 Å². The normalized spacial score (nSPS) is 11.9. The molecule has 0 saturated carbocycles. The smallest absolute Gasteiger partial charge is 0.135 e. The number of hydrogen-bond donors (Lipinski definition) is 0. The fourth-order valence-electron chi connectivity index (χ4n) is 8.22. The van der Waals surface area contributed by atoms with Crippen LogP contribution in [0.1, 0.15) is 0 Å². The monoisotopic (exact) mass is 646 g/mol. The van der Waals surface area contributed by atoms with E-state index < -0.39 is 0 Å². The van der Waals surface area contributed by atoms with Gasteiger partial charge in [0.15, 0.2) is 0 Å². The summed E-state index contributed by atoms with van der Waals surface area (Å²) < 4.78 is 6.33. The number of fused-ring (bicyclic) bond motifs is 10. The Morgan fingerprint density at radius 1 is 0.255 bits per heavy atom.